The van der Waals surface area contributed by atoms with Crippen molar-refractivity contribution in [2.45, 2.75) is 32.6 Å². The quantitative estimate of drug-likeness (QED) is 0.699. The molecule has 6 nitrogen and oxygen atoms in total. The molecule has 21 heavy (non-hydrogen) atoms. The molecule has 0 aromatic heterocycles. The van der Waals surface area contributed by atoms with Crippen LogP contribution in [-0.4, -0.2) is 64.8 Å². The number of carboxylic acids is 1. The summed E-state index contributed by atoms with van der Waals surface area (Å²) in [5.74, 6) is -0.820. The van der Waals surface area contributed by atoms with E-state index in [1.807, 2.05) is 6.92 Å². The summed E-state index contributed by atoms with van der Waals surface area (Å²) in [4.78, 5) is 27.2. The zero-order valence-corrected chi connectivity index (χ0v) is 12.8. The predicted molar refractivity (Wildman–Crippen MR) is 80.0 cm³/mol. The van der Waals surface area contributed by atoms with E-state index >= 15 is 0 Å². The highest BCUT2D eigenvalue weighted by molar-refractivity contribution is 5.79. The second-order valence-corrected chi connectivity index (χ2v) is 5.60. The van der Waals surface area contributed by atoms with Crippen LogP contribution in [0.3, 0.4) is 0 Å². The third kappa shape index (κ3) is 4.20. The van der Waals surface area contributed by atoms with Crippen LogP contribution < -0.4 is 0 Å². The van der Waals surface area contributed by atoms with E-state index < -0.39 is 11.4 Å². The SMILES string of the molecule is C=CCN(CCO)C(=O)N1CCCC(CCC)(C(=O)O)C1. The second-order valence-electron chi connectivity index (χ2n) is 5.60. The Kier molecular flexibility index (Phi) is 6.68. The molecule has 1 atom stereocenters. The molecule has 0 aromatic rings. The highest BCUT2D eigenvalue weighted by Gasteiger charge is 2.43. The minimum atomic E-state index is -0.832. The van der Waals surface area contributed by atoms with Crippen LogP contribution in [0.4, 0.5) is 4.79 Å². The van der Waals surface area contributed by atoms with E-state index in [0.717, 1.165) is 6.42 Å². The average Bonchev–Trinajstić information content (AvgIpc) is 2.46. The van der Waals surface area contributed by atoms with Crippen molar-refractivity contribution in [1.29, 1.82) is 0 Å². The number of carbonyl (C=O) groups is 2. The summed E-state index contributed by atoms with van der Waals surface area (Å²) in [5, 5.41) is 18.6. The van der Waals surface area contributed by atoms with Gasteiger partial charge in [-0.05, 0) is 19.3 Å². The Morgan fingerprint density at radius 3 is 2.71 bits per heavy atom. The van der Waals surface area contributed by atoms with Crippen LogP contribution in [0.1, 0.15) is 32.6 Å². The second kappa shape index (κ2) is 8.02. The summed E-state index contributed by atoms with van der Waals surface area (Å²) in [6.07, 6.45) is 4.27. The number of rotatable bonds is 7. The summed E-state index contributed by atoms with van der Waals surface area (Å²) in [7, 11) is 0. The van der Waals surface area contributed by atoms with Gasteiger partial charge < -0.3 is 20.0 Å². The van der Waals surface area contributed by atoms with Crippen LogP contribution in [-0.2, 0) is 4.79 Å². The Balaban J connectivity index is 2.84. The maximum absolute atomic E-state index is 12.5. The molecule has 0 bridgehead atoms. The number of carbonyl (C=O) groups excluding carboxylic acids is 1. The van der Waals surface area contributed by atoms with Crippen molar-refractivity contribution in [2.75, 3.05) is 32.8 Å². The molecule has 1 aliphatic rings. The van der Waals surface area contributed by atoms with Crippen molar-refractivity contribution in [3.8, 4) is 0 Å². The van der Waals surface area contributed by atoms with E-state index in [9.17, 15) is 14.7 Å². The molecule has 1 heterocycles. The minimum absolute atomic E-state index is 0.119. The molecule has 0 aliphatic carbocycles. The molecular formula is C15H26N2O4. The fourth-order valence-corrected chi connectivity index (χ4v) is 3.00. The monoisotopic (exact) mass is 298 g/mol. The summed E-state index contributed by atoms with van der Waals surface area (Å²) < 4.78 is 0. The van der Waals surface area contributed by atoms with Gasteiger partial charge in [-0.2, -0.15) is 0 Å². The Morgan fingerprint density at radius 2 is 2.19 bits per heavy atom. The van der Waals surface area contributed by atoms with Crippen LogP contribution in [0, 0.1) is 5.41 Å². The number of nitrogens with zero attached hydrogens (tertiary/aromatic N) is 2. The first-order chi connectivity index (χ1) is 10.0. The molecule has 0 spiro atoms. The molecule has 0 radical (unpaired) electrons. The summed E-state index contributed by atoms with van der Waals surface area (Å²) in [6, 6.07) is -0.217. The molecule has 1 aliphatic heterocycles. The van der Waals surface area contributed by atoms with Crippen LogP contribution in [0.15, 0.2) is 12.7 Å². The first-order valence-electron chi connectivity index (χ1n) is 7.49. The molecule has 1 unspecified atom stereocenters. The molecule has 1 rings (SSSR count). The maximum atomic E-state index is 12.5. The number of carboxylic acid groups (broad SMARTS) is 1. The van der Waals surface area contributed by atoms with Crippen molar-refractivity contribution < 1.29 is 19.8 Å². The topological polar surface area (TPSA) is 81.1 Å². The number of aliphatic carboxylic acids is 1. The predicted octanol–water partition coefficient (Wildman–Crippen LogP) is 1.55. The van der Waals surface area contributed by atoms with Crippen molar-refractivity contribution in [3.05, 3.63) is 12.7 Å². The van der Waals surface area contributed by atoms with Crippen LogP contribution in [0.5, 0.6) is 0 Å². The van der Waals surface area contributed by atoms with E-state index in [0.29, 0.717) is 32.4 Å². The molecular weight excluding hydrogens is 272 g/mol. The number of piperidine rings is 1. The van der Waals surface area contributed by atoms with Gasteiger partial charge in [-0.1, -0.05) is 19.4 Å². The van der Waals surface area contributed by atoms with E-state index in [-0.39, 0.29) is 25.7 Å². The summed E-state index contributed by atoms with van der Waals surface area (Å²) in [6.45, 7) is 6.84. The van der Waals surface area contributed by atoms with E-state index in [4.69, 9.17) is 5.11 Å². The molecule has 120 valence electrons. The van der Waals surface area contributed by atoms with E-state index in [1.54, 1.807) is 11.0 Å². The number of amides is 2. The van der Waals surface area contributed by atoms with Gasteiger partial charge in [0.25, 0.3) is 0 Å². The molecule has 2 amide bonds. The van der Waals surface area contributed by atoms with Crippen molar-refractivity contribution in [1.82, 2.24) is 9.80 Å². The van der Waals surface area contributed by atoms with Crippen LogP contribution in [0.2, 0.25) is 0 Å². The van der Waals surface area contributed by atoms with Gasteiger partial charge >= 0.3 is 12.0 Å². The number of hydrogen-bond acceptors (Lipinski definition) is 3. The van der Waals surface area contributed by atoms with Gasteiger partial charge in [0.15, 0.2) is 0 Å². The van der Waals surface area contributed by atoms with Gasteiger partial charge in [0.05, 0.1) is 12.0 Å². The summed E-state index contributed by atoms with van der Waals surface area (Å²) in [5.41, 5.74) is -0.832. The van der Waals surface area contributed by atoms with Gasteiger partial charge in [-0.15, -0.1) is 6.58 Å². The normalized spacial score (nSPS) is 21.9. The number of aliphatic hydroxyl groups is 1. The molecule has 2 N–H and O–H groups in total. The standard InChI is InChI=1S/C15H26N2O4/c1-3-6-15(13(19)20)7-5-9-17(12-15)14(21)16(8-4-2)10-11-18/h4,18H,2-3,5-12H2,1H3,(H,19,20). The van der Waals surface area contributed by atoms with Crippen LogP contribution in [0.25, 0.3) is 0 Å². The molecule has 6 heteroatoms. The van der Waals surface area contributed by atoms with Gasteiger partial charge in [0, 0.05) is 26.2 Å². The van der Waals surface area contributed by atoms with E-state index in [2.05, 4.69) is 6.58 Å². The minimum Gasteiger partial charge on any atom is -0.481 e. The van der Waals surface area contributed by atoms with Gasteiger partial charge in [-0.3, -0.25) is 4.79 Å². The van der Waals surface area contributed by atoms with Gasteiger partial charge in [0.1, 0.15) is 0 Å². The zero-order chi connectivity index (χ0) is 15.9. The Bertz CT molecular complexity index is 382. The Hall–Kier alpha value is -1.56. The lowest BCUT2D eigenvalue weighted by atomic mass is 9.76. The lowest BCUT2D eigenvalue weighted by molar-refractivity contribution is -0.152. The third-order valence-corrected chi connectivity index (χ3v) is 4.02. The molecule has 1 saturated heterocycles. The number of likely N-dealkylation sites (tertiary alicyclic amines) is 1. The largest absolute Gasteiger partial charge is 0.481 e. The smallest absolute Gasteiger partial charge is 0.320 e. The molecule has 0 aromatic carbocycles. The summed E-state index contributed by atoms with van der Waals surface area (Å²) >= 11 is 0. The van der Waals surface area contributed by atoms with Crippen LogP contribution >= 0.6 is 0 Å². The van der Waals surface area contributed by atoms with E-state index in [1.165, 1.54) is 4.90 Å². The first-order valence-corrected chi connectivity index (χ1v) is 7.49. The highest BCUT2D eigenvalue weighted by Crippen LogP contribution is 2.35. The Morgan fingerprint density at radius 1 is 1.48 bits per heavy atom. The maximum Gasteiger partial charge on any atom is 0.320 e. The third-order valence-electron chi connectivity index (χ3n) is 4.02. The lowest BCUT2D eigenvalue weighted by Gasteiger charge is -2.41. The van der Waals surface area contributed by atoms with Gasteiger partial charge in [0.2, 0.25) is 0 Å². The van der Waals surface area contributed by atoms with Crippen molar-refractivity contribution in [2.24, 2.45) is 5.41 Å². The zero-order valence-electron chi connectivity index (χ0n) is 12.8. The van der Waals surface area contributed by atoms with Crippen molar-refractivity contribution >= 4 is 12.0 Å². The number of hydrogen-bond donors (Lipinski definition) is 2. The fraction of sp³-hybridized carbons (Fsp3) is 0.733. The molecule has 1 fully saturated rings. The molecule has 0 saturated carbocycles. The lowest BCUT2D eigenvalue weighted by Crippen LogP contribution is -2.54. The van der Waals surface area contributed by atoms with Crippen molar-refractivity contribution in [3.63, 3.8) is 0 Å². The first kappa shape index (κ1) is 17.5. The number of urea groups is 1. The number of aliphatic hydroxyl groups excluding tert-OH is 1. The van der Waals surface area contributed by atoms with Gasteiger partial charge in [-0.25, -0.2) is 4.79 Å². The fourth-order valence-electron chi connectivity index (χ4n) is 3.00. The highest BCUT2D eigenvalue weighted by atomic mass is 16.4. The average molecular weight is 298 g/mol. The Labute approximate surface area is 126 Å².